The van der Waals surface area contributed by atoms with Gasteiger partial charge in [-0.15, -0.1) is 11.3 Å². The van der Waals surface area contributed by atoms with Crippen molar-refractivity contribution in [2.24, 2.45) is 0 Å². The van der Waals surface area contributed by atoms with Crippen molar-refractivity contribution in [2.75, 3.05) is 18.5 Å². The van der Waals surface area contributed by atoms with E-state index in [4.69, 9.17) is 32.7 Å². The molecule has 0 bridgehead atoms. The highest BCUT2D eigenvalue weighted by Crippen LogP contribution is 2.27. The molecule has 0 saturated heterocycles. The fraction of sp³-hybridized carbons (Fsp3) is 0.312. The van der Waals surface area contributed by atoms with Gasteiger partial charge in [0.2, 0.25) is 0 Å². The summed E-state index contributed by atoms with van der Waals surface area (Å²) >= 11 is 13.1. The molecule has 0 radical (unpaired) electrons. The van der Waals surface area contributed by atoms with Crippen molar-refractivity contribution in [3.8, 4) is 5.75 Å². The van der Waals surface area contributed by atoms with Crippen LogP contribution in [0.1, 0.15) is 18.5 Å². The van der Waals surface area contributed by atoms with Crippen LogP contribution in [0.25, 0.3) is 0 Å². The minimum Gasteiger partial charge on any atom is -0.492 e. The van der Waals surface area contributed by atoms with E-state index in [1.807, 2.05) is 12.3 Å². The maximum atomic E-state index is 11.6. The number of aromatic nitrogens is 1. The van der Waals surface area contributed by atoms with Gasteiger partial charge in [-0.3, -0.25) is 14.9 Å². The smallest absolute Gasteiger partial charge is 0.306 e. The van der Waals surface area contributed by atoms with E-state index in [0.717, 1.165) is 5.69 Å². The van der Waals surface area contributed by atoms with Gasteiger partial charge in [-0.1, -0.05) is 23.2 Å². The first kappa shape index (κ1) is 19.5. The molecule has 0 fully saturated rings. The van der Waals surface area contributed by atoms with Crippen LogP contribution >= 0.6 is 34.5 Å². The molecule has 2 aromatic rings. The number of halogens is 2. The zero-order valence-corrected chi connectivity index (χ0v) is 15.7. The summed E-state index contributed by atoms with van der Waals surface area (Å²) in [6.45, 7) is 1.77. The van der Waals surface area contributed by atoms with Crippen LogP contribution in [-0.4, -0.2) is 30.1 Å². The van der Waals surface area contributed by atoms with Gasteiger partial charge in [-0.05, 0) is 31.5 Å². The van der Waals surface area contributed by atoms with Crippen LogP contribution in [0.4, 0.5) is 5.13 Å². The first-order valence-corrected chi connectivity index (χ1v) is 9.03. The van der Waals surface area contributed by atoms with E-state index >= 15 is 0 Å². The van der Waals surface area contributed by atoms with Crippen molar-refractivity contribution in [1.82, 2.24) is 4.98 Å². The third kappa shape index (κ3) is 6.89. The number of nitrogens with one attached hydrogen (secondary N) is 1. The van der Waals surface area contributed by atoms with Gasteiger partial charge >= 0.3 is 5.97 Å². The number of rotatable bonds is 8. The highest BCUT2D eigenvalue weighted by molar-refractivity contribution is 7.13. The average molecular weight is 403 g/mol. The lowest BCUT2D eigenvalue weighted by molar-refractivity contribution is -0.147. The van der Waals surface area contributed by atoms with E-state index in [-0.39, 0.29) is 13.0 Å². The molecule has 0 aliphatic carbocycles. The monoisotopic (exact) mass is 402 g/mol. The van der Waals surface area contributed by atoms with E-state index in [1.165, 1.54) is 11.3 Å². The molecule has 1 aromatic heterocycles. The molecule has 0 spiro atoms. The Morgan fingerprint density at radius 2 is 2.12 bits per heavy atom. The molecule has 0 saturated carbocycles. The molecule has 1 heterocycles. The van der Waals surface area contributed by atoms with Crippen molar-refractivity contribution >= 4 is 51.5 Å². The van der Waals surface area contributed by atoms with Crippen molar-refractivity contribution in [2.45, 2.75) is 19.8 Å². The van der Waals surface area contributed by atoms with Gasteiger partial charge in [0.15, 0.2) is 11.7 Å². The van der Waals surface area contributed by atoms with E-state index in [1.54, 1.807) is 18.2 Å². The first-order valence-electron chi connectivity index (χ1n) is 7.39. The zero-order chi connectivity index (χ0) is 18.2. The molecule has 0 unspecified atom stereocenters. The molecular formula is C16H16Cl2N2O4S. The number of ether oxygens (including phenoxy) is 2. The van der Waals surface area contributed by atoms with Crippen molar-refractivity contribution in [3.63, 3.8) is 0 Å². The molecule has 1 aromatic carbocycles. The summed E-state index contributed by atoms with van der Waals surface area (Å²) < 4.78 is 10.4. The second-order valence-electron chi connectivity index (χ2n) is 5.03. The Morgan fingerprint density at radius 3 is 2.80 bits per heavy atom. The Balaban J connectivity index is 1.61. The maximum absolute atomic E-state index is 11.6. The van der Waals surface area contributed by atoms with Crippen LogP contribution in [0, 0.1) is 6.92 Å². The number of benzene rings is 1. The second kappa shape index (κ2) is 9.60. The number of carbonyl (C=O) groups is 2. The number of aryl methyl sites for hydroxylation is 1. The van der Waals surface area contributed by atoms with Gasteiger partial charge in [0.05, 0.1) is 17.3 Å². The quantitative estimate of drug-likeness (QED) is 0.531. The van der Waals surface area contributed by atoms with Gasteiger partial charge in [-0.2, -0.15) is 0 Å². The van der Waals surface area contributed by atoms with Crippen LogP contribution < -0.4 is 10.1 Å². The van der Waals surface area contributed by atoms with Crippen LogP contribution in [0.15, 0.2) is 23.6 Å². The normalized spacial score (nSPS) is 10.4. The third-order valence-corrected chi connectivity index (χ3v) is 4.31. The lowest BCUT2D eigenvalue weighted by Gasteiger charge is -2.08. The molecule has 25 heavy (non-hydrogen) atoms. The number of anilines is 1. The van der Waals surface area contributed by atoms with Crippen molar-refractivity contribution in [3.05, 3.63) is 39.3 Å². The molecule has 2 rings (SSSR count). The summed E-state index contributed by atoms with van der Waals surface area (Å²) in [7, 11) is 0. The Bertz CT molecular complexity index is 751. The average Bonchev–Trinajstić information content (AvgIpc) is 2.96. The SMILES string of the molecule is Cc1csc(NC(=O)COC(=O)CCCOc2ccc(Cl)cc2Cl)n1. The van der Waals surface area contributed by atoms with E-state index in [2.05, 4.69) is 10.3 Å². The fourth-order valence-electron chi connectivity index (χ4n) is 1.78. The molecule has 9 heteroatoms. The number of carbonyl (C=O) groups excluding carboxylic acids is 2. The third-order valence-electron chi connectivity index (χ3n) is 2.91. The van der Waals surface area contributed by atoms with Gasteiger partial charge in [0, 0.05) is 16.8 Å². The highest BCUT2D eigenvalue weighted by atomic mass is 35.5. The van der Waals surface area contributed by atoms with Gasteiger partial charge in [0.25, 0.3) is 5.91 Å². The zero-order valence-electron chi connectivity index (χ0n) is 13.4. The summed E-state index contributed by atoms with van der Waals surface area (Å²) in [5.74, 6) is -0.402. The fourth-order valence-corrected chi connectivity index (χ4v) is 2.94. The summed E-state index contributed by atoms with van der Waals surface area (Å²) in [4.78, 5) is 27.3. The number of esters is 1. The van der Waals surface area contributed by atoms with Crippen molar-refractivity contribution < 1.29 is 19.1 Å². The predicted molar refractivity (Wildman–Crippen MR) is 97.6 cm³/mol. The topological polar surface area (TPSA) is 77.5 Å². The molecule has 0 atom stereocenters. The molecule has 134 valence electrons. The van der Waals surface area contributed by atoms with Gasteiger partial charge < -0.3 is 9.47 Å². The number of hydrogen-bond donors (Lipinski definition) is 1. The number of hydrogen-bond acceptors (Lipinski definition) is 6. The molecular weight excluding hydrogens is 387 g/mol. The largest absolute Gasteiger partial charge is 0.492 e. The van der Waals surface area contributed by atoms with Gasteiger partial charge in [-0.25, -0.2) is 4.98 Å². The number of thiazole rings is 1. The Hall–Kier alpha value is -1.83. The number of amides is 1. The van der Waals surface area contributed by atoms with Crippen LogP contribution in [0.3, 0.4) is 0 Å². The van der Waals surface area contributed by atoms with Crippen LogP contribution in [0.5, 0.6) is 5.75 Å². The standard InChI is InChI=1S/C16H16Cl2N2O4S/c1-10-9-25-16(19-10)20-14(21)8-24-15(22)3-2-6-23-13-5-4-11(17)7-12(13)18/h4-5,7,9H,2-3,6,8H2,1H3,(H,19,20,21). The lowest BCUT2D eigenvalue weighted by atomic mass is 10.3. The molecule has 0 aliphatic rings. The summed E-state index contributed by atoms with van der Waals surface area (Å²) in [5.41, 5.74) is 0.818. The molecule has 1 amide bonds. The second-order valence-corrected chi connectivity index (χ2v) is 6.73. The highest BCUT2D eigenvalue weighted by Gasteiger charge is 2.10. The van der Waals surface area contributed by atoms with E-state index in [0.29, 0.717) is 34.0 Å². The molecule has 1 N–H and O–H groups in total. The maximum Gasteiger partial charge on any atom is 0.306 e. The van der Waals surface area contributed by atoms with Crippen molar-refractivity contribution in [1.29, 1.82) is 0 Å². The Kier molecular flexibility index (Phi) is 7.49. The van der Waals surface area contributed by atoms with Crippen LogP contribution in [0.2, 0.25) is 10.0 Å². The molecule has 0 aliphatic heterocycles. The summed E-state index contributed by atoms with van der Waals surface area (Å²) in [6, 6.07) is 4.91. The lowest BCUT2D eigenvalue weighted by Crippen LogP contribution is -2.21. The minimum atomic E-state index is -0.476. The van der Waals surface area contributed by atoms with Crippen LogP contribution in [-0.2, 0) is 14.3 Å². The minimum absolute atomic E-state index is 0.134. The summed E-state index contributed by atoms with van der Waals surface area (Å²) in [6.07, 6.45) is 0.569. The predicted octanol–water partition coefficient (Wildman–Crippen LogP) is 4.10. The summed E-state index contributed by atoms with van der Waals surface area (Å²) in [5, 5.41) is 5.78. The molecule has 6 nitrogen and oxygen atoms in total. The van der Waals surface area contributed by atoms with Gasteiger partial charge in [0.1, 0.15) is 5.75 Å². The van der Waals surface area contributed by atoms with E-state index in [9.17, 15) is 9.59 Å². The van der Waals surface area contributed by atoms with E-state index < -0.39 is 11.9 Å². The Morgan fingerprint density at radius 1 is 1.32 bits per heavy atom. The first-order chi connectivity index (χ1) is 11.9. The Labute approximate surface area is 159 Å². The number of nitrogens with zero attached hydrogens (tertiary/aromatic N) is 1.